The van der Waals surface area contributed by atoms with Crippen LogP contribution in [-0.4, -0.2) is 37.5 Å². The van der Waals surface area contributed by atoms with Gasteiger partial charge in [0.1, 0.15) is 5.82 Å². The molecule has 2 N–H and O–H groups in total. The highest BCUT2D eigenvalue weighted by Gasteiger charge is 2.33. The minimum Gasteiger partial charge on any atom is -0.373 e. The van der Waals surface area contributed by atoms with Crippen LogP contribution in [0.5, 0.6) is 0 Å². The number of aromatic nitrogens is 5. The highest BCUT2D eigenvalue weighted by atomic mass is 16.5. The quantitative estimate of drug-likeness (QED) is 0.863. The van der Waals surface area contributed by atoms with Gasteiger partial charge in [0.2, 0.25) is 5.91 Å². The van der Waals surface area contributed by atoms with Crippen LogP contribution in [-0.2, 0) is 23.1 Å². The molecule has 0 aromatic carbocycles. The molecule has 22 heavy (non-hydrogen) atoms. The molecule has 8 heteroatoms. The van der Waals surface area contributed by atoms with Crippen molar-refractivity contribution in [2.75, 3.05) is 6.61 Å². The summed E-state index contributed by atoms with van der Waals surface area (Å²) >= 11 is 0. The summed E-state index contributed by atoms with van der Waals surface area (Å²) in [5.74, 6) is 1.08. The van der Waals surface area contributed by atoms with E-state index in [0.29, 0.717) is 19.0 Å². The van der Waals surface area contributed by atoms with E-state index in [4.69, 9.17) is 4.74 Å². The van der Waals surface area contributed by atoms with Crippen molar-refractivity contribution >= 4 is 5.91 Å². The number of carbonyl (C=O) groups is 1. The van der Waals surface area contributed by atoms with Crippen LogP contribution in [0.1, 0.15) is 36.2 Å². The Balaban J connectivity index is 1.66. The second kappa shape index (κ2) is 6.27. The van der Waals surface area contributed by atoms with Gasteiger partial charge < -0.3 is 10.1 Å². The van der Waals surface area contributed by atoms with E-state index in [1.807, 2.05) is 20.2 Å². The van der Waals surface area contributed by atoms with Gasteiger partial charge in [0.05, 0.1) is 24.8 Å². The lowest BCUT2D eigenvalue weighted by Crippen LogP contribution is -2.37. The first kappa shape index (κ1) is 14.7. The Kier molecular flexibility index (Phi) is 4.19. The molecule has 0 bridgehead atoms. The van der Waals surface area contributed by atoms with Crippen molar-refractivity contribution in [2.24, 2.45) is 13.0 Å². The number of ether oxygens (including phenoxy) is 1. The van der Waals surface area contributed by atoms with Gasteiger partial charge in [0, 0.05) is 25.4 Å². The first-order valence-corrected chi connectivity index (χ1v) is 7.39. The van der Waals surface area contributed by atoms with Crippen molar-refractivity contribution < 1.29 is 9.53 Å². The first-order chi connectivity index (χ1) is 10.6. The van der Waals surface area contributed by atoms with Gasteiger partial charge in [-0.05, 0) is 19.8 Å². The molecule has 8 nitrogen and oxygen atoms in total. The third-order valence-corrected chi connectivity index (χ3v) is 3.78. The van der Waals surface area contributed by atoms with Crippen LogP contribution in [0.4, 0.5) is 0 Å². The number of H-pyrrole nitrogens is 1. The van der Waals surface area contributed by atoms with Crippen LogP contribution < -0.4 is 5.32 Å². The lowest BCUT2D eigenvalue weighted by molar-refractivity contribution is -0.134. The molecule has 118 valence electrons. The van der Waals surface area contributed by atoms with Crippen molar-refractivity contribution in [2.45, 2.75) is 32.4 Å². The standard InChI is InChI=1S/C14H20N6O2/c1-9-17-12(19-18-9)7-15-14(21)11-4-3-5-22-13(11)10-6-16-20(2)8-10/h6,8,11,13H,3-5,7H2,1-2H3,(H,15,21)(H,17,18,19)/t11-,13+/m1/s1. The smallest absolute Gasteiger partial charge is 0.226 e. The van der Waals surface area contributed by atoms with Crippen LogP contribution in [0.25, 0.3) is 0 Å². The number of carbonyl (C=O) groups excluding carboxylic acids is 1. The summed E-state index contributed by atoms with van der Waals surface area (Å²) in [7, 11) is 1.85. The minimum atomic E-state index is -0.240. The number of aromatic amines is 1. The predicted octanol–water partition coefficient (Wildman–Crippen LogP) is 0.631. The number of aryl methyl sites for hydroxylation is 2. The van der Waals surface area contributed by atoms with E-state index in [-0.39, 0.29) is 17.9 Å². The molecule has 1 saturated heterocycles. The van der Waals surface area contributed by atoms with Gasteiger partial charge in [-0.15, -0.1) is 0 Å². The van der Waals surface area contributed by atoms with Crippen molar-refractivity contribution in [3.63, 3.8) is 0 Å². The van der Waals surface area contributed by atoms with E-state index in [1.54, 1.807) is 10.9 Å². The first-order valence-electron chi connectivity index (χ1n) is 7.39. The van der Waals surface area contributed by atoms with Gasteiger partial charge in [0.25, 0.3) is 0 Å². The van der Waals surface area contributed by atoms with E-state index in [0.717, 1.165) is 24.2 Å². The van der Waals surface area contributed by atoms with E-state index in [1.165, 1.54) is 0 Å². The second-order valence-electron chi connectivity index (χ2n) is 5.54. The highest BCUT2D eigenvalue weighted by Crippen LogP contribution is 2.33. The Bertz CT molecular complexity index is 649. The summed E-state index contributed by atoms with van der Waals surface area (Å²) in [4.78, 5) is 16.7. The molecule has 0 unspecified atom stereocenters. The van der Waals surface area contributed by atoms with Crippen molar-refractivity contribution in [3.05, 3.63) is 29.6 Å². The van der Waals surface area contributed by atoms with Gasteiger partial charge in [-0.25, -0.2) is 4.98 Å². The molecule has 0 spiro atoms. The van der Waals surface area contributed by atoms with Gasteiger partial charge in [-0.3, -0.25) is 14.6 Å². The fourth-order valence-electron chi connectivity index (χ4n) is 2.73. The number of nitrogens with one attached hydrogen (secondary N) is 2. The summed E-state index contributed by atoms with van der Waals surface area (Å²) in [6, 6.07) is 0. The molecular formula is C14H20N6O2. The average Bonchev–Trinajstić information content (AvgIpc) is 3.13. The molecule has 1 amide bonds. The maximum atomic E-state index is 12.5. The molecule has 1 aliphatic rings. The average molecular weight is 304 g/mol. The highest BCUT2D eigenvalue weighted by molar-refractivity contribution is 5.79. The number of nitrogens with zero attached hydrogens (tertiary/aromatic N) is 4. The Morgan fingerprint density at radius 1 is 1.59 bits per heavy atom. The topological polar surface area (TPSA) is 97.7 Å². The van der Waals surface area contributed by atoms with Gasteiger partial charge in [-0.1, -0.05) is 0 Å². The molecule has 1 aliphatic heterocycles. The van der Waals surface area contributed by atoms with Gasteiger partial charge in [-0.2, -0.15) is 10.2 Å². The fraction of sp³-hybridized carbons (Fsp3) is 0.571. The third kappa shape index (κ3) is 3.16. The summed E-state index contributed by atoms with van der Waals surface area (Å²) < 4.78 is 7.54. The Hall–Kier alpha value is -2.22. The molecule has 3 heterocycles. The monoisotopic (exact) mass is 304 g/mol. The summed E-state index contributed by atoms with van der Waals surface area (Å²) in [5.41, 5.74) is 0.941. The molecule has 0 radical (unpaired) electrons. The SMILES string of the molecule is Cc1nc(CNC(=O)[C@@H]2CCCO[C@H]2c2cnn(C)c2)n[nH]1. The molecule has 3 rings (SSSR count). The summed E-state index contributed by atoms with van der Waals surface area (Å²) in [5, 5.41) is 13.8. The van der Waals surface area contributed by atoms with E-state index in [2.05, 4.69) is 25.6 Å². The predicted molar refractivity (Wildman–Crippen MR) is 77.6 cm³/mol. The lowest BCUT2D eigenvalue weighted by atomic mass is 9.90. The van der Waals surface area contributed by atoms with E-state index < -0.39 is 0 Å². The summed E-state index contributed by atoms with van der Waals surface area (Å²) in [6.45, 7) is 2.81. The number of hydrogen-bond acceptors (Lipinski definition) is 5. The number of hydrogen-bond donors (Lipinski definition) is 2. The fourth-order valence-corrected chi connectivity index (χ4v) is 2.73. The zero-order chi connectivity index (χ0) is 15.5. The molecule has 0 saturated carbocycles. The maximum absolute atomic E-state index is 12.5. The van der Waals surface area contributed by atoms with Crippen LogP contribution >= 0.6 is 0 Å². The number of amides is 1. The normalized spacial score (nSPS) is 21.7. The molecule has 1 fully saturated rings. The van der Waals surface area contributed by atoms with Gasteiger partial charge in [0.15, 0.2) is 5.82 Å². The van der Waals surface area contributed by atoms with Crippen LogP contribution in [0, 0.1) is 12.8 Å². The minimum absolute atomic E-state index is 0.0315. The zero-order valence-electron chi connectivity index (χ0n) is 12.7. The lowest BCUT2D eigenvalue weighted by Gasteiger charge is -2.30. The Morgan fingerprint density at radius 2 is 2.45 bits per heavy atom. The maximum Gasteiger partial charge on any atom is 0.226 e. The van der Waals surface area contributed by atoms with Crippen molar-refractivity contribution in [1.29, 1.82) is 0 Å². The molecule has 2 atom stereocenters. The summed E-state index contributed by atoms with van der Waals surface area (Å²) in [6.07, 6.45) is 5.10. The van der Waals surface area contributed by atoms with Crippen LogP contribution in [0.3, 0.4) is 0 Å². The largest absolute Gasteiger partial charge is 0.373 e. The van der Waals surface area contributed by atoms with E-state index in [9.17, 15) is 4.79 Å². The van der Waals surface area contributed by atoms with Crippen molar-refractivity contribution in [3.8, 4) is 0 Å². The molecular weight excluding hydrogens is 284 g/mol. The second-order valence-corrected chi connectivity index (χ2v) is 5.54. The number of rotatable bonds is 4. The zero-order valence-corrected chi connectivity index (χ0v) is 12.7. The third-order valence-electron chi connectivity index (χ3n) is 3.78. The Labute approximate surface area is 128 Å². The van der Waals surface area contributed by atoms with Crippen LogP contribution in [0.2, 0.25) is 0 Å². The Morgan fingerprint density at radius 3 is 3.14 bits per heavy atom. The van der Waals surface area contributed by atoms with E-state index >= 15 is 0 Å². The molecule has 2 aromatic heterocycles. The van der Waals surface area contributed by atoms with Gasteiger partial charge >= 0.3 is 0 Å². The van der Waals surface area contributed by atoms with Crippen LogP contribution in [0.15, 0.2) is 12.4 Å². The van der Waals surface area contributed by atoms with Crippen molar-refractivity contribution in [1.82, 2.24) is 30.3 Å². The molecule has 2 aromatic rings. The molecule has 0 aliphatic carbocycles.